The average molecular weight is 328 g/mol. The standard InChI is InChI=1S/C11H7BrFN3OS/c1-17-8-4-2-3-6(13)9(8)7-5-16-11(14-7)18-10(12)15-16/h2-5H,1H3. The van der Waals surface area contributed by atoms with Gasteiger partial charge in [-0.1, -0.05) is 17.4 Å². The first-order chi connectivity index (χ1) is 8.69. The Hall–Kier alpha value is -1.47. The van der Waals surface area contributed by atoms with Gasteiger partial charge in [0.1, 0.15) is 11.6 Å². The van der Waals surface area contributed by atoms with E-state index in [1.165, 1.54) is 24.5 Å². The molecule has 3 aromatic rings. The highest BCUT2D eigenvalue weighted by Gasteiger charge is 2.16. The number of nitrogens with zero attached hydrogens (tertiary/aromatic N) is 3. The maximum atomic E-state index is 13.9. The van der Waals surface area contributed by atoms with Crippen molar-refractivity contribution in [3.05, 3.63) is 34.1 Å². The van der Waals surface area contributed by atoms with Crippen molar-refractivity contribution < 1.29 is 9.13 Å². The summed E-state index contributed by atoms with van der Waals surface area (Å²) in [6.07, 6.45) is 1.68. The lowest BCUT2D eigenvalue weighted by atomic mass is 10.1. The summed E-state index contributed by atoms with van der Waals surface area (Å²) in [6, 6.07) is 4.69. The number of halogens is 2. The summed E-state index contributed by atoms with van der Waals surface area (Å²) in [5, 5.41) is 4.17. The summed E-state index contributed by atoms with van der Waals surface area (Å²) >= 11 is 4.66. The van der Waals surface area contributed by atoms with Crippen LogP contribution in [0.25, 0.3) is 16.2 Å². The van der Waals surface area contributed by atoms with Crippen LogP contribution in [0.5, 0.6) is 5.75 Å². The zero-order valence-corrected chi connectivity index (χ0v) is 11.6. The minimum atomic E-state index is -0.362. The molecule has 0 saturated heterocycles. The minimum absolute atomic E-state index is 0.355. The van der Waals surface area contributed by atoms with E-state index in [9.17, 15) is 4.39 Å². The third-order valence-corrected chi connectivity index (χ3v) is 3.83. The normalized spacial score (nSPS) is 11.1. The average Bonchev–Trinajstić information content (AvgIpc) is 2.85. The molecule has 18 heavy (non-hydrogen) atoms. The second-order valence-electron chi connectivity index (χ2n) is 3.53. The van der Waals surface area contributed by atoms with Gasteiger partial charge in [0.25, 0.3) is 0 Å². The quantitative estimate of drug-likeness (QED) is 0.724. The first-order valence-corrected chi connectivity index (χ1v) is 6.64. The van der Waals surface area contributed by atoms with Gasteiger partial charge in [0.2, 0.25) is 4.96 Å². The van der Waals surface area contributed by atoms with Crippen molar-refractivity contribution in [2.45, 2.75) is 0 Å². The third kappa shape index (κ3) is 1.79. The van der Waals surface area contributed by atoms with E-state index in [1.807, 2.05) is 0 Å². The van der Waals surface area contributed by atoms with Gasteiger partial charge < -0.3 is 4.74 Å². The predicted octanol–water partition coefficient (Wildman–Crippen LogP) is 3.37. The molecule has 0 aliphatic heterocycles. The number of ether oxygens (including phenoxy) is 1. The van der Waals surface area contributed by atoms with Crippen LogP contribution in [0.2, 0.25) is 0 Å². The van der Waals surface area contributed by atoms with Crippen LogP contribution in [-0.4, -0.2) is 21.7 Å². The van der Waals surface area contributed by atoms with Crippen LogP contribution in [-0.2, 0) is 0 Å². The van der Waals surface area contributed by atoms with Crippen molar-refractivity contribution >= 4 is 32.2 Å². The van der Waals surface area contributed by atoms with Crippen LogP contribution in [0.15, 0.2) is 28.3 Å². The Labute approximate surface area is 114 Å². The van der Waals surface area contributed by atoms with Crippen molar-refractivity contribution in [3.63, 3.8) is 0 Å². The van der Waals surface area contributed by atoms with Crippen molar-refractivity contribution in [3.8, 4) is 17.0 Å². The van der Waals surface area contributed by atoms with Gasteiger partial charge in [0.05, 0.1) is 24.6 Å². The Kier molecular flexibility index (Phi) is 2.79. The summed E-state index contributed by atoms with van der Waals surface area (Å²) in [5.74, 6) is 0.0963. The van der Waals surface area contributed by atoms with Crippen LogP contribution < -0.4 is 4.74 Å². The fourth-order valence-corrected chi connectivity index (χ4v) is 2.94. The topological polar surface area (TPSA) is 39.4 Å². The van der Waals surface area contributed by atoms with Crippen LogP contribution in [0, 0.1) is 5.82 Å². The van der Waals surface area contributed by atoms with Gasteiger partial charge in [-0.25, -0.2) is 13.9 Å². The van der Waals surface area contributed by atoms with E-state index in [1.54, 1.807) is 22.8 Å². The van der Waals surface area contributed by atoms with Crippen molar-refractivity contribution in [1.29, 1.82) is 0 Å². The molecule has 92 valence electrons. The molecule has 0 amide bonds. The molecule has 0 aliphatic carbocycles. The molecule has 0 bridgehead atoms. The summed E-state index contributed by atoms with van der Waals surface area (Å²) < 4.78 is 21.4. The lowest BCUT2D eigenvalue weighted by molar-refractivity contribution is 0.413. The van der Waals surface area contributed by atoms with E-state index in [0.29, 0.717) is 22.0 Å². The summed E-state index contributed by atoms with van der Waals surface area (Å²) in [7, 11) is 1.51. The monoisotopic (exact) mass is 327 g/mol. The minimum Gasteiger partial charge on any atom is -0.496 e. The first kappa shape index (κ1) is 11.6. The molecule has 2 heterocycles. The van der Waals surface area contributed by atoms with E-state index >= 15 is 0 Å². The number of rotatable bonds is 2. The second kappa shape index (κ2) is 4.33. The number of fused-ring (bicyclic) bond motifs is 1. The number of benzene rings is 1. The molecular formula is C11H7BrFN3OS. The Bertz CT molecular complexity index is 693. The van der Waals surface area contributed by atoms with Crippen molar-refractivity contribution in [2.24, 2.45) is 0 Å². The molecule has 4 nitrogen and oxygen atoms in total. The third-order valence-electron chi connectivity index (χ3n) is 2.47. The molecule has 0 aliphatic rings. The second-order valence-corrected chi connectivity index (χ2v) is 5.76. The molecule has 7 heteroatoms. The van der Waals surface area contributed by atoms with Crippen LogP contribution in [0.3, 0.4) is 0 Å². The Morgan fingerprint density at radius 1 is 1.44 bits per heavy atom. The van der Waals surface area contributed by atoms with E-state index in [2.05, 4.69) is 26.0 Å². The fourth-order valence-electron chi connectivity index (χ4n) is 1.72. The maximum Gasteiger partial charge on any atom is 0.213 e. The Morgan fingerprint density at radius 3 is 3.00 bits per heavy atom. The van der Waals surface area contributed by atoms with E-state index in [4.69, 9.17) is 4.74 Å². The summed E-state index contributed by atoms with van der Waals surface area (Å²) in [5.41, 5.74) is 0.866. The SMILES string of the molecule is COc1cccc(F)c1-c1cn2nc(Br)sc2n1. The zero-order valence-electron chi connectivity index (χ0n) is 9.22. The van der Waals surface area contributed by atoms with E-state index < -0.39 is 0 Å². The molecule has 0 saturated carbocycles. The van der Waals surface area contributed by atoms with Gasteiger partial charge in [-0.15, -0.1) is 5.10 Å². The molecule has 0 unspecified atom stereocenters. The number of methoxy groups -OCH3 is 1. The Morgan fingerprint density at radius 2 is 2.28 bits per heavy atom. The van der Waals surface area contributed by atoms with E-state index in [-0.39, 0.29) is 5.82 Å². The van der Waals surface area contributed by atoms with Gasteiger partial charge in [-0.2, -0.15) is 0 Å². The maximum absolute atomic E-state index is 13.9. The predicted molar refractivity (Wildman–Crippen MR) is 70.5 cm³/mol. The van der Waals surface area contributed by atoms with Gasteiger partial charge in [0.15, 0.2) is 3.92 Å². The van der Waals surface area contributed by atoms with Crippen LogP contribution in [0.4, 0.5) is 4.39 Å². The van der Waals surface area contributed by atoms with Crippen LogP contribution in [0.1, 0.15) is 0 Å². The lowest BCUT2D eigenvalue weighted by Gasteiger charge is -2.06. The number of aromatic nitrogens is 3. The zero-order chi connectivity index (χ0) is 12.7. The number of hydrogen-bond acceptors (Lipinski definition) is 4. The smallest absolute Gasteiger partial charge is 0.213 e. The van der Waals surface area contributed by atoms with Crippen molar-refractivity contribution in [2.75, 3.05) is 7.11 Å². The van der Waals surface area contributed by atoms with Crippen molar-refractivity contribution in [1.82, 2.24) is 14.6 Å². The first-order valence-electron chi connectivity index (χ1n) is 5.03. The van der Waals surface area contributed by atoms with Gasteiger partial charge >= 0.3 is 0 Å². The molecule has 0 fully saturated rings. The molecule has 0 spiro atoms. The molecule has 1 aromatic carbocycles. The molecule has 3 rings (SSSR count). The largest absolute Gasteiger partial charge is 0.496 e. The van der Waals surface area contributed by atoms with E-state index in [0.717, 1.165) is 3.92 Å². The highest BCUT2D eigenvalue weighted by molar-refractivity contribution is 9.11. The number of imidazole rings is 1. The van der Waals surface area contributed by atoms with Crippen LogP contribution >= 0.6 is 27.3 Å². The van der Waals surface area contributed by atoms with Gasteiger partial charge in [0, 0.05) is 0 Å². The van der Waals surface area contributed by atoms with Gasteiger partial charge in [-0.05, 0) is 28.1 Å². The molecule has 2 aromatic heterocycles. The molecule has 0 radical (unpaired) electrons. The van der Waals surface area contributed by atoms with Gasteiger partial charge in [-0.3, -0.25) is 0 Å². The number of hydrogen-bond donors (Lipinski definition) is 0. The summed E-state index contributed by atoms with van der Waals surface area (Å²) in [6.45, 7) is 0. The Balaban J connectivity index is 2.22. The molecule has 0 N–H and O–H groups in total. The molecular weight excluding hydrogens is 321 g/mol. The molecule has 0 atom stereocenters. The lowest BCUT2D eigenvalue weighted by Crippen LogP contribution is -1.91. The highest BCUT2D eigenvalue weighted by atomic mass is 79.9. The fraction of sp³-hybridized carbons (Fsp3) is 0.0909. The summed E-state index contributed by atoms with van der Waals surface area (Å²) in [4.78, 5) is 5.04. The highest BCUT2D eigenvalue weighted by Crippen LogP contribution is 2.33.